The van der Waals surface area contributed by atoms with E-state index in [0.717, 1.165) is 24.4 Å². The largest absolute Gasteiger partial charge is 0.466 e. The van der Waals surface area contributed by atoms with Gasteiger partial charge in [0, 0.05) is 25.7 Å². The minimum absolute atomic E-state index is 0.300. The second-order valence-corrected chi connectivity index (χ2v) is 3.11. The summed E-state index contributed by atoms with van der Waals surface area (Å²) in [6.45, 7) is 3.95. The lowest BCUT2D eigenvalue weighted by atomic mass is 10.1. The van der Waals surface area contributed by atoms with Crippen molar-refractivity contribution in [3.8, 4) is 0 Å². The van der Waals surface area contributed by atoms with Crippen molar-refractivity contribution in [2.24, 2.45) is 0 Å². The fraction of sp³-hybridized carbons (Fsp3) is 0.545. The van der Waals surface area contributed by atoms with Crippen molar-refractivity contribution in [2.45, 2.75) is 39.5 Å². The van der Waals surface area contributed by atoms with Crippen molar-refractivity contribution in [2.75, 3.05) is 0 Å². The Morgan fingerprint density at radius 3 is 2.54 bits per heavy atom. The highest BCUT2D eigenvalue weighted by Gasteiger charge is 2.03. The van der Waals surface area contributed by atoms with Crippen LogP contribution in [-0.2, 0) is 17.6 Å². The molecule has 0 aromatic carbocycles. The fourth-order valence-corrected chi connectivity index (χ4v) is 1.19. The summed E-state index contributed by atoms with van der Waals surface area (Å²) in [6, 6.07) is 3.94. The summed E-state index contributed by atoms with van der Waals surface area (Å²) in [5.41, 5.74) is 0. The Morgan fingerprint density at radius 2 is 2.00 bits per heavy atom. The van der Waals surface area contributed by atoms with Crippen LogP contribution in [0.15, 0.2) is 16.5 Å². The molecule has 0 saturated heterocycles. The van der Waals surface area contributed by atoms with E-state index in [1.807, 2.05) is 19.1 Å². The van der Waals surface area contributed by atoms with E-state index < -0.39 is 0 Å². The van der Waals surface area contributed by atoms with Crippen LogP contribution in [0.3, 0.4) is 0 Å². The zero-order chi connectivity index (χ0) is 9.68. The van der Waals surface area contributed by atoms with Gasteiger partial charge in [0.25, 0.3) is 0 Å². The monoisotopic (exact) mass is 180 g/mol. The van der Waals surface area contributed by atoms with Gasteiger partial charge in [-0.25, -0.2) is 0 Å². The van der Waals surface area contributed by atoms with Crippen LogP contribution in [0.5, 0.6) is 0 Å². The summed E-state index contributed by atoms with van der Waals surface area (Å²) in [4.78, 5) is 11.0. The molecular weight excluding hydrogens is 164 g/mol. The maximum atomic E-state index is 11.0. The molecule has 0 aliphatic rings. The lowest BCUT2D eigenvalue weighted by Gasteiger charge is -1.94. The molecule has 13 heavy (non-hydrogen) atoms. The fourth-order valence-electron chi connectivity index (χ4n) is 1.19. The Balaban J connectivity index is 2.41. The third-order valence-corrected chi connectivity index (χ3v) is 2.11. The van der Waals surface area contributed by atoms with Gasteiger partial charge in [-0.2, -0.15) is 0 Å². The van der Waals surface area contributed by atoms with Gasteiger partial charge in [-0.1, -0.05) is 13.8 Å². The molecule has 0 atom stereocenters. The first-order valence-electron chi connectivity index (χ1n) is 4.85. The molecule has 0 N–H and O–H groups in total. The van der Waals surface area contributed by atoms with E-state index in [2.05, 4.69) is 6.92 Å². The zero-order valence-corrected chi connectivity index (χ0v) is 8.30. The van der Waals surface area contributed by atoms with Crippen LogP contribution in [0.4, 0.5) is 0 Å². The van der Waals surface area contributed by atoms with Gasteiger partial charge in [0.05, 0.1) is 0 Å². The van der Waals surface area contributed by atoms with Gasteiger partial charge in [-0.05, 0) is 12.1 Å². The van der Waals surface area contributed by atoms with E-state index in [0.29, 0.717) is 18.6 Å². The second-order valence-electron chi connectivity index (χ2n) is 3.11. The first kappa shape index (κ1) is 10.0. The molecule has 0 amide bonds. The number of rotatable bonds is 5. The summed E-state index contributed by atoms with van der Waals surface area (Å²) in [6.07, 6.45) is 2.89. The molecule has 2 nitrogen and oxygen atoms in total. The zero-order valence-electron chi connectivity index (χ0n) is 8.30. The average Bonchev–Trinajstić information content (AvgIpc) is 2.61. The van der Waals surface area contributed by atoms with Gasteiger partial charge in [-0.15, -0.1) is 0 Å². The van der Waals surface area contributed by atoms with Crippen LogP contribution in [0.2, 0.25) is 0 Å². The van der Waals surface area contributed by atoms with E-state index >= 15 is 0 Å². The van der Waals surface area contributed by atoms with Crippen molar-refractivity contribution < 1.29 is 9.21 Å². The first-order chi connectivity index (χ1) is 6.26. The number of carbonyl (C=O) groups is 1. The predicted octanol–water partition coefficient (Wildman–Crippen LogP) is 2.75. The topological polar surface area (TPSA) is 30.2 Å². The molecule has 2 heteroatoms. The maximum Gasteiger partial charge on any atom is 0.133 e. The Kier molecular flexibility index (Phi) is 3.74. The number of hydrogen-bond donors (Lipinski definition) is 0. The summed E-state index contributed by atoms with van der Waals surface area (Å²) in [7, 11) is 0. The van der Waals surface area contributed by atoms with Crippen LogP contribution in [0.25, 0.3) is 0 Å². The van der Waals surface area contributed by atoms with Gasteiger partial charge < -0.3 is 4.42 Å². The number of hydrogen-bond acceptors (Lipinski definition) is 2. The molecule has 0 aliphatic heterocycles. The first-order valence-corrected chi connectivity index (χ1v) is 4.85. The van der Waals surface area contributed by atoms with Crippen molar-refractivity contribution in [1.29, 1.82) is 0 Å². The van der Waals surface area contributed by atoms with Gasteiger partial charge in [0.1, 0.15) is 17.3 Å². The van der Waals surface area contributed by atoms with E-state index in [1.54, 1.807) is 0 Å². The molecule has 72 valence electrons. The average molecular weight is 180 g/mol. The molecule has 0 unspecified atom stereocenters. The third-order valence-electron chi connectivity index (χ3n) is 2.11. The highest BCUT2D eigenvalue weighted by molar-refractivity contribution is 5.78. The molecule has 1 aromatic rings. The van der Waals surface area contributed by atoms with Gasteiger partial charge in [-0.3, -0.25) is 4.79 Å². The molecule has 1 heterocycles. The Hall–Kier alpha value is -1.05. The minimum atomic E-state index is 0.300. The van der Waals surface area contributed by atoms with Gasteiger partial charge >= 0.3 is 0 Å². The van der Waals surface area contributed by atoms with Crippen LogP contribution >= 0.6 is 0 Å². The molecule has 1 rings (SSSR count). The van der Waals surface area contributed by atoms with Crippen LogP contribution in [-0.4, -0.2) is 5.78 Å². The van der Waals surface area contributed by atoms with Crippen molar-refractivity contribution in [3.05, 3.63) is 23.7 Å². The Bertz CT molecular complexity index is 273. The Labute approximate surface area is 78.9 Å². The minimum Gasteiger partial charge on any atom is -0.466 e. The molecule has 0 saturated carbocycles. The summed E-state index contributed by atoms with van der Waals surface area (Å²) < 4.78 is 5.48. The quantitative estimate of drug-likeness (QED) is 0.697. The summed E-state index contributed by atoms with van der Waals surface area (Å²) in [5.74, 6) is 2.23. The molecular formula is C11H16O2. The normalized spacial score (nSPS) is 10.3. The molecule has 0 radical (unpaired) electrons. The number of furan rings is 1. The SMILES string of the molecule is CCC(=O)CCc1ccc(CC)o1. The summed E-state index contributed by atoms with van der Waals surface area (Å²) >= 11 is 0. The van der Waals surface area contributed by atoms with Crippen LogP contribution in [0.1, 0.15) is 38.2 Å². The van der Waals surface area contributed by atoms with Crippen molar-refractivity contribution in [3.63, 3.8) is 0 Å². The van der Waals surface area contributed by atoms with Gasteiger partial charge in [0.15, 0.2) is 0 Å². The van der Waals surface area contributed by atoms with Crippen molar-refractivity contribution >= 4 is 5.78 Å². The maximum absolute atomic E-state index is 11.0. The van der Waals surface area contributed by atoms with Crippen molar-refractivity contribution in [1.82, 2.24) is 0 Å². The third kappa shape index (κ3) is 3.05. The van der Waals surface area contributed by atoms with E-state index in [-0.39, 0.29) is 0 Å². The Morgan fingerprint density at radius 1 is 1.31 bits per heavy atom. The highest BCUT2D eigenvalue weighted by Crippen LogP contribution is 2.10. The predicted molar refractivity (Wildman–Crippen MR) is 51.7 cm³/mol. The molecule has 1 aromatic heterocycles. The van der Waals surface area contributed by atoms with E-state index in [4.69, 9.17) is 4.42 Å². The standard InChI is InChI=1S/C11H16O2/c1-3-9(12)5-6-11-8-7-10(4-2)13-11/h7-8H,3-6H2,1-2H3. The van der Waals surface area contributed by atoms with E-state index in [9.17, 15) is 4.79 Å². The smallest absolute Gasteiger partial charge is 0.133 e. The molecule has 0 bridgehead atoms. The lowest BCUT2D eigenvalue weighted by molar-refractivity contribution is -0.118. The highest BCUT2D eigenvalue weighted by atomic mass is 16.3. The number of aryl methyl sites for hydroxylation is 2. The molecule has 0 spiro atoms. The van der Waals surface area contributed by atoms with Gasteiger partial charge in [0.2, 0.25) is 0 Å². The van der Waals surface area contributed by atoms with E-state index in [1.165, 1.54) is 0 Å². The lowest BCUT2D eigenvalue weighted by Crippen LogP contribution is -1.96. The molecule has 0 fully saturated rings. The van der Waals surface area contributed by atoms with Crippen LogP contribution < -0.4 is 0 Å². The molecule has 0 aliphatic carbocycles. The number of ketones is 1. The number of Topliss-reactive ketones (excluding diaryl/α,β-unsaturated/α-hetero) is 1. The number of carbonyl (C=O) groups excluding carboxylic acids is 1. The second kappa shape index (κ2) is 4.85. The summed E-state index contributed by atoms with van der Waals surface area (Å²) in [5, 5.41) is 0. The van der Waals surface area contributed by atoms with Crippen LogP contribution in [0, 0.1) is 0 Å².